The van der Waals surface area contributed by atoms with E-state index in [0.29, 0.717) is 6.42 Å². The molecule has 0 bridgehead atoms. The molecule has 0 spiro atoms. The highest BCUT2D eigenvalue weighted by atomic mass is 32.2. The number of benzene rings is 1. The molecule has 1 aromatic carbocycles. The van der Waals surface area contributed by atoms with Crippen LogP contribution in [-0.2, 0) is 13.0 Å². The Kier molecular flexibility index (Phi) is 5.26. The molecule has 0 aliphatic heterocycles. The fourth-order valence-corrected chi connectivity index (χ4v) is 2.97. The minimum absolute atomic E-state index is 0.475. The number of aryl methyl sites for hydroxylation is 2. The number of hydrogen-bond donors (Lipinski definition) is 1. The van der Waals surface area contributed by atoms with Gasteiger partial charge in [-0.15, -0.1) is 11.8 Å². The molecule has 1 unspecified atom stereocenters. The molecule has 0 amide bonds. The first kappa shape index (κ1) is 15.1. The van der Waals surface area contributed by atoms with Crippen LogP contribution in [0.2, 0.25) is 0 Å². The van der Waals surface area contributed by atoms with Gasteiger partial charge in [0.25, 0.3) is 0 Å². The molecule has 108 valence electrons. The minimum atomic E-state index is -0.475. The summed E-state index contributed by atoms with van der Waals surface area (Å²) >= 11 is 1.81. The minimum Gasteiger partial charge on any atom is -0.388 e. The average molecular weight is 290 g/mol. The molecule has 0 fully saturated rings. The van der Waals surface area contributed by atoms with Crippen molar-refractivity contribution in [2.24, 2.45) is 0 Å². The van der Waals surface area contributed by atoms with Crippen molar-refractivity contribution in [3.8, 4) is 0 Å². The standard InChI is InChI=1S/C16H22N2OS/c1-4-18-14(10-12(3)17-18)11-16(19)13-6-8-15(9-7-13)20-5-2/h6-10,16,19H,4-5,11H2,1-3H3. The Balaban J connectivity index is 2.08. The first-order valence-corrected chi connectivity index (χ1v) is 8.06. The second-order valence-electron chi connectivity index (χ2n) is 4.81. The van der Waals surface area contributed by atoms with Crippen molar-refractivity contribution in [2.45, 2.75) is 44.7 Å². The van der Waals surface area contributed by atoms with Crippen molar-refractivity contribution in [2.75, 3.05) is 5.75 Å². The molecular formula is C16H22N2OS. The van der Waals surface area contributed by atoms with Crippen LogP contribution in [0.1, 0.15) is 36.9 Å². The van der Waals surface area contributed by atoms with Crippen LogP contribution in [0.25, 0.3) is 0 Å². The van der Waals surface area contributed by atoms with Crippen LogP contribution in [0.15, 0.2) is 35.2 Å². The molecule has 20 heavy (non-hydrogen) atoms. The van der Waals surface area contributed by atoms with E-state index in [1.54, 1.807) is 0 Å². The van der Waals surface area contributed by atoms with Crippen LogP contribution in [0.3, 0.4) is 0 Å². The molecule has 0 saturated carbocycles. The van der Waals surface area contributed by atoms with Crippen LogP contribution >= 0.6 is 11.8 Å². The molecule has 0 aliphatic rings. The van der Waals surface area contributed by atoms with Gasteiger partial charge in [-0.25, -0.2) is 0 Å². The fraction of sp³-hybridized carbons (Fsp3) is 0.438. The summed E-state index contributed by atoms with van der Waals surface area (Å²) in [7, 11) is 0. The van der Waals surface area contributed by atoms with Gasteiger partial charge in [-0.2, -0.15) is 5.10 Å². The van der Waals surface area contributed by atoms with Gasteiger partial charge in [-0.05, 0) is 43.4 Å². The zero-order valence-corrected chi connectivity index (χ0v) is 13.2. The molecule has 0 saturated heterocycles. The monoisotopic (exact) mass is 290 g/mol. The third-order valence-electron chi connectivity index (χ3n) is 3.26. The number of hydrogen-bond acceptors (Lipinski definition) is 3. The van der Waals surface area contributed by atoms with Crippen LogP contribution in [0.5, 0.6) is 0 Å². The zero-order chi connectivity index (χ0) is 14.5. The lowest BCUT2D eigenvalue weighted by atomic mass is 10.0. The van der Waals surface area contributed by atoms with E-state index in [2.05, 4.69) is 31.1 Å². The van der Waals surface area contributed by atoms with Crippen molar-refractivity contribution < 1.29 is 5.11 Å². The second-order valence-corrected chi connectivity index (χ2v) is 6.15. The summed E-state index contributed by atoms with van der Waals surface area (Å²) in [4.78, 5) is 1.25. The third-order valence-corrected chi connectivity index (χ3v) is 4.16. The predicted molar refractivity (Wildman–Crippen MR) is 84.1 cm³/mol. The highest BCUT2D eigenvalue weighted by molar-refractivity contribution is 7.99. The normalized spacial score (nSPS) is 12.6. The van der Waals surface area contributed by atoms with E-state index in [1.165, 1.54) is 4.90 Å². The molecule has 0 radical (unpaired) electrons. The molecule has 1 aromatic heterocycles. The Hall–Kier alpha value is -1.26. The number of rotatable bonds is 6. The third kappa shape index (κ3) is 3.64. The topological polar surface area (TPSA) is 38.1 Å². The molecule has 2 aromatic rings. The Morgan fingerprint density at radius 1 is 1.25 bits per heavy atom. The lowest BCUT2D eigenvalue weighted by Crippen LogP contribution is -2.08. The summed E-state index contributed by atoms with van der Waals surface area (Å²) in [6.45, 7) is 7.03. The van der Waals surface area contributed by atoms with Gasteiger partial charge in [-0.1, -0.05) is 19.1 Å². The van der Waals surface area contributed by atoms with Gasteiger partial charge in [0.05, 0.1) is 11.8 Å². The lowest BCUT2D eigenvalue weighted by molar-refractivity contribution is 0.175. The van der Waals surface area contributed by atoms with Crippen molar-refractivity contribution >= 4 is 11.8 Å². The van der Waals surface area contributed by atoms with Gasteiger partial charge in [-0.3, -0.25) is 4.68 Å². The molecule has 1 heterocycles. The van der Waals surface area contributed by atoms with Crippen molar-refractivity contribution in [3.05, 3.63) is 47.3 Å². The largest absolute Gasteiger partial charge is 0.388 e. The second kappa shape index (κ2) is 6.95. The van der Waals surface area contributed by atoms with E-state index < -0.39 is 6.10 Å². The predicted octanol–water partition coefficient (Wildman–Crippen LogP) is 3.60. The van der Waals surface area contributed by atoms with Crippen molar-refractivity contribution in [3.63, 3.8) is 0 Å². The van der Waals surface area contributed by atoms with Gasteiger partial charge in [0, 0.05) is 23.6 Å². The van der Waals surface area contributed by atoms with Crippen molar-refractivity contribution in [1.82, 2.24) is 9.78 Å². The highest BCUT2D eigenvalue weighted by Gasteiger charge is 2.12. The number of thioether (sulfide) groups is 1. The lowest BCUT2D eigenvalue weighted by Gasteiger charge is -2.12. The molecule has 0 aliphatic carbocycles. The maximum absolute atomic E-state index is 10.4. The molecular weight excluding hydrogens is 268 g/mol. The molecule has 1 atom stereocenters. The number of aliphatic hydroxyl groups excluding tert-OH is 1. The Labute approximate surface area is 125 Å². The van der Waals surface area contributed by atoms with Crippen LogP contribution in [0, 0.1) is 6.92 Å². The van der Waals surface area contributed by atoms with E-state index >= 15 is 0 Å². The van der Waals surface area contributed by atoms with Crippen LogP contribution in [0.4, 0.5) is 0 Å². The fourth-order valence-electron chi connectivity index (χ4n) is 2.31. The van der Waals surface area contributed by atoms with E-state index in [-0.39, 0.29) is 0 Å². The van der Waals surface area contributed by atoms with E-state index in [9.17, 15) is 5.11 Å². The highest BCUT2D eigenvalue weighted by Crippen LogP contribution is 2.23. The average Bonchev–Trinajstić information content (AvgIpc) is 2.80. The SMILES string of the molecule is CCSc1ccc(C(O)Cc2cc(C)nn2CC)cc1. The van der Waals surface area contributed by atoms with E-state index in [1.807, 2.05) is 41.6 Å². The molecule has 4 heteroatoms. The quantitative estimate of drug-likeness (QED) is 0.826. The molecule has 1 N–H and O–H groups in total. The van der Waals surface area contributed by atoms with Gasteiger partial charge >= 0.3 is 0 Å². The number of nitrogens with zero attached hydrogens (tertiary/aromatic N) is 2. The Bertz CT molecular complexity index is 548. The Morgan fingerprint density at radius 2 is 1.95 bits per heavy atom. The summed E-state index contributed by atoms with van der Waals surface area (Å²) in [6, 6.07) is 10.2. The van der Waals surface area contributed by atoms with Gasteiger partial charge < -0.3 is 5.11 Å². The maximum Gasteiger partial charge on any atom is 0.0845 e. The van der Waals surface area contributed by atoms with Gasteiger partial charge in [0.2, 0.25) is 0 Å². The summed E-state index contributed by atoms with van der Waals surface area (Å²) in [5, 5.41) is 14.8. The number of aromatic nitrogens is 2. The van der Waals surface area contributed by atoms with Gasteiger partial charge in [0.1, 0.15) is 0 Å². The maximum atomic E-state index is 10.4. The van der Waals surface area contributed by atoms with Crippen molar-refractivity contribution in [1.29, 1.82) is 0 Å². The smallest absolute Gasteiger partial charge is 0.0845 e. The Morgan fingerprint density at radius 3 is 2.55 bits per heavy atom. The first-order valence-electron chi connectivity index (χ1n) is 7.08. The van der Waals surface area contributed by atoms with E-state index in [0.717, 1.165) is 29.2 Å². The molecule has 3 nitrogen and oxygen atoms in total. The first-order chi connectivity index (χ1) is 9.63. The van der Waals surface area contributed by atoms with E-state index in [4.69, 9.17) is 0 Å². The number of aliphatic hydroxyl groups is 1. The summed E-state index contributed by atoms with van der Waals surface area (Å²) < 4.78 is 1.96. The summed E-state index contributed by atoms with van der Waals surface area (Å²) in [6.07, 6.45) is 0.131. The van der Waals surface area contributed by atoms with Crippen LogP contribution in [-0.4, -0.2) is 20.6 Å². The zero-order valence-electron chi connectivity index (χ0n) is 12.3. The van der Waals surface area contributed by atoms with Gasteiger partial charge in [0.15, 0.2) is 0 Å². The molecule has 2 rings (SSSR count). The summed E-state index contributed by atoms with van der Waals surface area (Å²) in [5.74, 6) is 1.07. The summed E-state index contributed by atoms with van der Waals surface area (Å²) in [5.41, 5.74) is 3.06. The van der Waals surface area contributed by atoms with Crippen LogP contribution < -0.4 is 0 Å².